The number of ether oxygens (including phenoxy) is 2. The molecule has 1 amide bonds. The molecule has 1 aliphatic heterocycles. The van der Waals surface area contributed by atoms with Gasteiger partial charge in [-0.05, 0) is 31.9 Å². The van der Waals surface area contributed by atoms with E-state index >= 15 is 0 Å². The lowest BCUT2D eigenvalue weighted by atomic mass is 10.2. The van der Waals surface area contributed by atoms with E-state index in [0.29, 0.717) is 24.7 Å². The maximum atomic E-state index is 12.0. The standard InChI is InChI=1S/C13H18N2O4/c1-2-17-13-10(6-5-8-14-13)12(16)15-19-11-7-3-4-9-18-11/h5-6,8,11H,2-4,7,9H2,1H3,(H,15,16)/t11-/m0/s1. The molecule has 0 bridgehead atoms. The van der Waals surface area contributed by atoms with Gasteiger partial charge in [0.25, 0.3) is 5.91 Å². The van der Waals surface area contributed by atoms with E-state index in [2.05, 4.69) is 10.5 Å². The third-order valence-electron chi connectivity index (χ3n) is 2.72. The normalized spacial score (nSPS) is 18.9. The summed E-state index contributed by atoms with van der Waals surface area (Å²) in [5, 5.41) is 0. The molecule has 1 fully saturated rings. The summed E-state index contributed by atoms with van der Waals surface area (Å²) >= 11 is 0. The largest absolute Gasteiger partial charge is 0.477 e. The van der Waals surface area contributed by atoms with Gasteiger partial charge in [-0.2, -0.15) is 0 Å². The Morgan fingerprint density at radius 3 is 3.21 bits per heavy atom. The summed E-state index contributed by atoms with van der Waals surface area (Å²) in [6.07, 6.45) is 4.06. The van der Waals surface area contributed by atoms with Crippen molar-refractivity contribution in [2.45, 2.75) is 32.5 Å². The molecule has 2 rings (SSSR count). The molecule has 1 atom stereocenters. The van der Waals surface area contributed by atoms with Crippen molar-refractivity contribution < 1.29 is 19.1 Å². The zero-order valence-corrected chi connectivity index (χ0v) is 10.9. The van der Waals surface area contributed by atoms with Crippen molar-refractivity contribution in [2.24, 2.45) is 0 Å². The zero-order chi connectivity index (χ0) is 13.5. The first-order valence-electron chi connectivity index (χ1n) is 6.46. The number of carbonyl (C=O) groups excluding carboxylic acids is 1. The first-order chi connectivity index (χ1) is 9.31. The van der Waals surface area contributed by atoms with E-state index in [1.54, 1.807) is 18.3 Å². The second-order valence-electron chi connectivity index (χ2n) is 4.13. The number of amides is 1. The molecule has 1 aliphatic rings. The van der Waals surface area contributed by atoms with Crippen LogP contribution in [0.2, 0.25) is 0 Å². The van der Waals surface area contributed by atoms with E-state index in [4.69, 9.17) is 14.3 Å². The van der Waals surface area contributed by atoms with Gasteiger partial charge < -0.3 is 9.47 Å². The van der Waals surface area contributed by atoms with Crippen LogP contribution in [-0.2, 0) is 9.57 Å². The molecule has 0 radical (unpaired) electrons. The summed E-state index contributed by atoms with van der Waals surface area (Å²) in [4.78, 5) is 21.2. The Hall–Kier alpha value is -1.66. The molecular weight excluding hydrogens is 248 g/mol. The van der Waals surface area contributed by atoms with Crippen molar-refractivity contribution in [1.29, 1.82) is 0 Å². The van der Waals surface area contributed by atoms with E-state index in [-0.39, 0.29) is 12.2 Å². The molecule has 6 heteroatoms. The monoisotopic (exact) mass is 266 g/mol. The Labute approximate surface area is 112 Å². The van der Waals surface area contributed by atoms with Crippen LogP contribution < -0.4 is 10.2 Å². The Bertz CT molecular complexity index is 419. The van der Waals surface area contributed by atoms with Gasteiger partial charge in [-0.25, -0.2) is 15.3 Å². The van der Waals surface area contributed by atoms with Crippen molar-refractivity contribution >= 4 is 5.91 Å². The second-order valence-corrected chi connectivity index (χ2v) is 4.13. The fourth-order valence-electron chi connectivity index (χ4n) is 1.79. The van der Waals surface area contributed by atoms with Crippen LogP contribution in [0.25, 0.3) is 0 Å². The molecule has 1 aromatic rings. The summed E-state index contributed by atoms with van der Waals surface area (Å²) in [7, 11) is 0. The van der Waals surface area contributed by atoms with Gasteiger partial charge in [0.2, 0.25) is 5.88 Å². The Morgan fingerprint density at radius 1 is 1.58 bits per heavy atom. The number of aromatic nitrogens is 1. The first kappa shape index (κ1) is 13.8. The molecular formula is C13H18N2O4. The summed E-state index contributed by atoms with van der Waals surface area (Å²) in [5.41, 5.74) is 2.73. The number of carbonyl (C=O) groups is 1. The maximum Gasteiger partial charge on any atom is 0.280 e. The van der Waals surface area contributed by atoms with Gasteiger partial charge in [0.15, 0.2) is 6.29 Å². The highest BCUT2D eigenvalue weighted by Gasteiger charge is 2.18. The van der Waals surface area contributed by atoms with Gasteiger partial charge in [-0.3, -0.25) is 4.79 Å². The van der Waals surface area contributed by atoms with Gasteiger partial charge in [-0.15, -0.1) is 0 Å². The summed E-state index contributed by atoms with van der Waals surface area (Å²) < 4.78 is 10.6. The molecule has 1 N–H and O–H groups in total. The molecule has 1 saturated heterocycles. The van der Waals surface area contributed by atoms with Gasteiger partial charge >= 0.3 is 0 Å². The lowest BCUT2D eigenvalue weighted by Gasteiger charge is -2.22. The summed E-state index contributed by atoms with van der Waals surface area (Å²) in [6, 6.07) is 3.31. The van der Waals surface area contributed by atoms with E-state index in [1.807, 2.05) is 6.92 Å². The molecule has 0 aromatic carbocycles. The SMILES string of the molecule is CCOc1ncccc1C(=O)NO[C@H]1CCCCO1. The number of hydrogen-bond acceptors (Lipinski definition) is 5. The maximum absolute atomic E-state index is 12.0. The second kappa shape index (κ2) is 7.06. The van der Waals surface area contributed by atoms with Crippen LogP contribution in [0.3, 0.4) is 0 Å². The summed E-state index contributed by atoms with van der Waals surface area (Å²) in [6.45, 7) is 2.95. The minimum atomic E-state index is -0.384. The van der Waals surface area contributed by atoms with Crippen LogP contribution in [0, 0.1) is 0 Å². The zero-order valence-electron chi connectivity index (χ0n) is 10.9. The number of pyridine rings is 1. The average Bonchev–Trinajstić information content (AvgIpc) is 2.47. The lowest BCUT2D eigenvalue weighted by Crippen LogP contribution is -2.33. The number of hydrogen-bond donors (Lipinski definition) is 1. The topological polar surface area (TPSA) is 69.7 Å². The molecule has 1 aromatic heterocycles. The van der Waals surface area contributed by atoms with Crippen molar-refractivity contribution in [1.82, 2.24) is 10.5 Å². The van der Waals surface area contributed by atoms with Crippen LogP contribution in [0.4, 0.5) is 0 Å². The first-order valence-corrected chi connectivity index (χ1v) is 6.46. The molecule has 2 heterocycles. The lowest BCUT2D eigenvalue weighted by molar-refractivity contribution is -0.186. The number of hydroxylamine groups is 1. The Balaban J connectivity index is 1.91. The van der Waals surface area contributed by atoms with Crippen LogP contribution in [0.15, 0.2) is 18.3 Å². The molecule has 6 nitrogen and oxygen atoms in total. The minimum absolute atomic E-state index is 0.302. The molecule has 19 heavy (non-hydrogen) atoms. The molecule has 0 unspecified atom stereocenters. The predicted molar refractivity (Wildman–Crippen MR) is 67.5 cm³/mol. The summed E-state index contributed by atoms with van der Waals surface area (Å²) in [5.74, 6) is -0.0821. The highest BCUT2D eigenvalue weighted by molar-refractivity contribution is 5.95. The molecule has 0 saturated carbocycles. The minimum Gasteiger partial charge on any atom is -0.477 e. The molecule has 104 valence electrons. The average molecular weight is 266 g/mol. The van der Waals surface area contributed by atoms with Gasteiger partial charge in [0.1, 0.15) is 5.56 Å². The number of nitrogens with zero attached hydrogens (tertiary/aromatic N) is 1. The predicted octanol–water partition coefficient (Wildman–Crippen LogP) is 1.67. The fourth-order valence-corrected chi connectivity index (χ4v) is 1.79. The molecule has 0 aliphatic carbocycles. The van der Waals surface area contributed by atoms with Crippen molar-refractivity contribution in [3.63, 3.8) is 0 Å². The fraction of sp³-hybridized carbons (Fsp3) is 0.538. The van der Waals surface area contributed by atoms with Crippen molar-refractivity contribution in [3.05, 3.63) is 23.9 Å². The van der Waals surface area contributed by atoms with E-state index in [1.165, 1.54) is 0 Å². The Morgan fingerprint density at radius 2 is 2.47 bits per heavy atom. The molecule has 0 spiro atoms. The third kappa shape index (κ3) is 3.90. The van der Waals surface area contributed by atoms with Crippen molar-refractivity contribution in [2.75, 3.05) is 13.2 Å². The van der Waals surface area contributed by atoms with Crippen molar-refractivity contribution in [3.8, 4) is 5.88 Å². The smallest absolute Gasteiger partial charge is 0.280 e. The van der Waals surface area contributed by atoms with Gasteiger partial charge in [-0.1, -0.05) is 0 Å². The number of nitrogens with one attached hydrogen (secondary N) is 1. The van der Waals surface area contributed by atoms with E-state index < -0.39 is 0 Å². The quantitative estimate of drug-likeness (QED) is 0.821. The van der Waals surface area contributed by atoms with Crippen LogP contribution >= 0.6 is 0 Å². The Kier molecular flexibility index (Phi) is 5.11. The van der Waals surface area contributed by atoms with E-state index in [9.17, 15) is 4.79 Å². The van der Waals surface area contributed by atoms with Crippen LogP contribution in [0.1, 0.15) is 36.5 Å². The van der Waals surface area contributed by atoms with E-state index in [0.717, 1.165) is 19.3 Å². The van der Waals surface area contributed by atoms with Gasteiger partial charge in [0.05, 0.1) is 6.61 Å². The van der Waals surface area contributed by atoms with Crippen LogP contribution in [-0.4, -0.2) is 30.4 Å². The highest BCUT2D eigenvalue weighted by atomic mass is 16.8. The highest BCUT2D eigenvalue weighted by Crippen LogP contribution is 2.15. The third-order valence-corrected chi connectivity index (χ3v) is 2.72. The van der Waals surface area contributed by atoms with Crippen LogP contribution in [0.5, 0.6) is 5.88 Å². The van der Waals surface area contributed by atoms with Gasteiger partial charge in [0, 0.05) is 19.2 Å². The number of rotatable bonds is 5.